The van der Waals surface area contributed by atoms with Crippen LogP contribution in [0.4, 0.5) is 4.79 Å². The predicted molar refractivity (Wildman–Crippen MR) is 131 cm³/mol. The van der Waals surface area contributed by atoms with Crippen molar-refractivity contribution in [1.29, 1.82) is 0 Å². The molecule has 0 spiro atoms. The molecule has 35 heavy (non-hydrogen) atoms. The first kappa shape index (κ1) is 23.4. The number of nitrogens with one attached hydrogen (secondary N) is 1. The van der Waals surface area contributed by atoms with Gasteiger partial charge in [0.1, 0.15) is 6.61 Å². The highest BCUT2D eigenvalue weighted by Crippen LogP contribution is 2.49. The van der Waals surface area contributed by atoms with Crippen LogP contribution in [0.15, 0.2) is 48.5 Å². The summed E-state index contributed by atoms with van der Waals surface area (Å²) < 4.78 is 5.61. The third-order valence-electron chi connectivity index (χ3n) is 8.01. The molecular formula is C28H32N2O5. The number of carboxylic acid groups (broad SMARTS) is 1. The van der Waals surface area contributed by atoms with Gasteiger partial charge in [-0.1, -0.05) is 48.5 Å². The van der Waals surface area contributed by atoms with E-state index in [0.717, 1.165) is 36.8 Å². The molecule has 2 bridgehead atoms. The van der Waals surface area contributed by atoms with Crippen LogP contribution in [0, 0.1) is 0 Å². The standard InChI is InChI=1S/C28H32N2O5/c1-18(10-11-25(31)30-19-12-14-28(30,15-13-19)16-26(32)33)29-27(34)35-17-24-22-8-4-2-6-20(22)21-7-3-5-9-23(21)24/h2-9,18-19,24H,10-17H2,1H3,(H,29,34)(H,32,33). The number of nitrogens with zero attached hydrogens (tertiary/aromatic N) is 1. The van der Waals surface area contributed by atoms with E-state index in [1.165, 1.54) is 11.1 Å². The van der Waals surface area contributed by atoms with Gasteiger partial charge in [-0.3, -0.25) is 9.59 Å². The molecular weight excluding hydrogens is 444 g/mol. The Balaban J connectivity index is 1.13. The largest absolute Gasteiger partial charge is 0.481 e. The summed E-state index contributed by atoms with van der Waals surface area (Å²) in [5, 5.41) is 12.2. The van der Waals surface area contributed by atoms with Gasteiger partial charge in [-0.2, -0.15) is 0 Å². The summed E-state index contributed by atoms with van der Waals surface area (Å²) in [4.78, 5) is 38.8. The fraction of sp³-hybridized carbons (Fsp3) is 0.464. The van der Waals surface area contributed by atoms with Gasteiger partial charge in [0, 0.05) is 24.4 Å². The lowest BCUT2D eigenvalue weighted by atomic mass is 9.85. The minimum absolute atomic E-state index is 0.00102. The SMILES string of the molecule is CC(CCC(=O)N1C2CCC1(CC(=O)O)CC2)NC(=O)OCC1c2ccccc2-c2ccccc21. The Morgan fingerprint density at radius 1 is 1.06 bits per heavy atom. The minimum atomic E-state index is -0.851. The summed E-state index contributed by atoms with van der Waals surface area (Å²) in [5.74, 6) is -0.857. The number of alkyl carbamates (subject to hydrolysis) is 1. The summed E-state index contributed by atoms with van der Waals surface area (Å²) in [6.07, 6.45) is 3.59. The maximum absolute atomic E-state index is 13.0. The van der Waals surface area contributed by atoms with E-state index in [4.69, 9.17) is 4.74 Å². The Labute approximate surface area is 205 Å². The van der Waals surface area contributed by atoms with Crippen molar-refractivity contribution < 1.29 is 24.2 Å². The molecule has 1 aliphatic carbocycles. The Morgan fingerprint density at radius 3 is 2.26 bits per heavy atom. The van der Waals surface area contributed by atoms with Gasteiger partial charge in [-0.25, -0.2) is 4.79 Å². The highest BCUT2D eigenvalue weighted by Gasteiger charge is 2.54. The molecule has 5 rings (SSSR count). The molecule has 3 aliphatic rings. The number of amides is 2. The second-order valence-corrected chi connectivity index (χ2v) is 10.2. The van der Waals surface area contributed by atoms with Crippen molar-refractivity contribution >= 4 is 18.0 Å². The van der Waals surface area contributed by atoms with Crippen LogP contribution >= 0.6 is 0 Å². The second-order valence-electron chi connectivity index (χ2n) is 10.2. The molecule has 7 heteroatoms. The zero-order valence-electron chi connectivity index (χ0n) is 20.0. The van der Waals surface area contributed by atoms with Crippen molar-refractivity contribution in [1.82, 2.24) is 10.2 Å². The Bertz CT molecular complexity index is 1090. The van der Waals surface area contributed by atoms with Crippen LogP contribution < -0.4 is 5.32 Å². The first-order valence-corrected chi connectivity index (χ1v) is 12.5. The Kier molecular flexibility index (Phi) is 6.26. The molecule has 7 nitrogen and oxygen atoms in total. The zero-order valence-corrected chi connectivity index (χ0v) is 20.0. The van der Waals surface area contributed by atoms with Crippen LogP contribution in [0.2, 0.25) is 0 Å². The molecule has 184 valence electrons. The molecule has 2 amide bonds. The number of ether oxygens (including phenoxy) is 1. The number of carbonyl (C=O) groups is 3. The van der Waals surface area contributed by atoms with Gasteiger partial charge < -0.3 is 20.1 Å². The number of fused-ring (bicyclic) bond motifs is 5. The normalized spacial score (nSPS) is 23.0. The lowest BCUT2D eigenvalue weighted by molar-refractivity contribution is -0.143. The number of hydrogen-bond donors (Lipinski definition) is 2. The first-order valence-electron chi connectivity index (χ1n) is 12.5. The Morgan fingerprint density at radius 2 is 1.66 bits per heavy atom. The summed E-state index contributed by atoms with van der Waals surface area (Å²) in [5.41, 5.74) is 4.17. The van der Waals surface area contributed by atoms with E-state index in [1.54, 1.807) is 0 Å². The summed E-state index contributed by atoms with van der Waals surface area (Å²) >= 11 is 0. The first-order chi connectivity index (χ1) is 16.9. The van der Waals surface area contributed by atoms with Crippen LogP contribution in [-0.4, -0.2) is 52.2 Å². The van der Waals surface area contributed by atoms with Gasteiger partial charge in [0.25, 0.3) is 0 Å². The molecule has 2 saturated heterocycles. The quantitative estimate of drug-likeness (QED) is 0.576. The topological polar surface area (TPSA) is 95.9 Å². The minimum Gasteiger partial charge on any atom is -0.481 e. The monoisotopic (exact) mass is 476 g/mol. The van der Waals surface area contributed by atoms with Crippen LogP contribution in [0.1, 0.15) is 68.9 Å². The average Bonchev–Trinajstić information content (AvgIpc) is 3.48. The molecule has 0 aromatic heterocycles. The molecule has 2 fully saturated rings. The van der Waals surface area contributed by atoms with Crippen LogP contribution in [0.3, 0.4) is 0 Å². The number of rotatable bonds is 8. The maximum Gasteiger partial charge on any atom is 0.407 e. The lowest BCUT2D eigenvalue weighted by Gasteiger charge is -2.34. The zero-order chi connectivity index (χ0) is 24.6. The van der Waals surface area contributed by atoms with Gasteiger partial charge in [-0.15, -0.1) is 0 Å². The maximum atomic E-state index is 13.0. The van der Waals surface area contributed by atoms with E-state index in [-0.39, 0.29) is 43.4 Å². The average molecular weight is 477 g/mol. The smallest absolute Gasteiger partial charge is 0.407 e. The van der Waals surface area contributed by atoms with E-state index in [0.29, 0.717) is 6.42 Å². The third kappa shape index (κ3) is 4.40. The molecule has 2 aliphatic heterocycles. The van der Waals surface area contributed by atoms with Gasteiger partial charge in [-0.05, 0) is 61.3 Å². The molecule has 1 atom stereocenters. The van der Waals surface area contributed by atoms with E-state index in [2.05, 4.69) is 29.6 Å². The summed E-state index contributed by atoms with van der Waals surface area (Å²) in [6, 6.07) is 16.3. The molecule has 2 heterocycles. The molecule has 2 aromatic rings. The van der Waals surface area contributed by atoms with Crippen molar-refractivity contribution in [2.24, 2.45) is 0 Å². The summed E-state index contributed by atoms with van der Waals surface area (Å²) in [6.45, 7) is 2.11. The van der Waals surface area contributed by atoms with E-state index in [1.807, 2.05) is 36.1 Å². The number of carbonyl (C=O) groups excluding carboxylic acids is 2. The fourth-order valence-corrected chi connectivity index (χ4v) is 6.41. The molecule has 0 saturated carbocycles. The lowest BCUT2D eigenvalue weighted by Crippen LogP contribution is -2.47. The third-order valence-corrected chi connectivity index (χ3v) is 8.01. The highest BCUT2D eigenvalue weighted by atomic mass is 16.5. The van der Waals surface area contributed by atoms with Crippen molar-refractivity contribution in [2.45, 2.75) is 75.4 Å². The molecule has 2 N–H and O–H groups in total. The van der Waals surface area contributed by atoms with Crippen molar-refractivity contribution in [3.8, 4) is 11.1 Å². The molecule has 2 aromatic carbocycles. The van der Waals surface area contributed by atoms with Crippen molar-refractivity contribution in [3.05, 3.63) is 59.7 Å². The number of carboxylic acids is 1. The number of benzene rings is 2. The highest BCUT2D eigenvalue weighted by molar-refractivity contribution is 5.80. The molecule has 0 radical (unpaired) electrons. The second kappa shape index (κ2) is 9.36. The number of hydrogen-bond acceptors (Lipinski definition) is 4. The predicted octanol–water partition coefficient (Wildman–Crippen LogP) is 4.69. The Hall–Kier alpha value is -3.35. The van der Waals surface area contributed by atoms with Crippen LogP contribution in [0.25, 0.3) is 11.1 Å². The molecule has 1 unspecified atom stereocenters. The van der Waals surface area contributed by atoms with E-state index < -0.39 is 17.6 Å². The van der Waals surface area contributed by atoms with E-state index >= 15 is 0 Å². The van der Waals surface area contributed by atoms with Gasteiger partial charge in [0.2, 0.25) is 5.91 Å². The van der Waals surface area contributed by atoms with Gasteiger partial charge in [0.15, 0.2) is 0 Å². The van der Waals surface area contributed by atoms with Gasteiger partial charge >= 0.3 is 12.1 Å². The van der Waals surface area contributed by atoms with Crippen molar-refractivity contribution in [3.63, 3.8) is 0 Å². The fourth-order valence-electron chi connectivity index (χ4n) is 6.41. The van der Waals surface area contributed by atoms with Crippen LogP contribution in [-0.2, 0) is 14.3 Å². The summed E-state index contributed by atoms with van der Waals surface area (Å²) in [7, 11) is 0. The van der Waals surface area contributed by atoms with Crippen LogP contribution in [0.5, 0.6) is 0 Å². The van der Waals surface area contributed by atoms with Gasteiger partial charge in [0.05, 0.1) is 12.0 Å². The van der Waals surface area contributed by atoms with Crippen molar-refractivity contribution in [2.75, 3.05) is 6.61 Å². The van der Waals surface area contributed by atoms with E-state index in [9.17, 15) is 19.5 Å². The number of aliphatic carboxylic acids is 1.